The van der Waals surface area contributed by atoms with Gasteiger partial charge >= 0.3 is 0 Å². The summed E-state index contributed by atoms with van der Waals surface area (Å²) in [5.41, 5.74) is 0.738. The molecule has 0 aliphatic carbocycles. The van der Waals surface area contributed by atoms with Crippen molar-refractivity contribution in [3.05, 3.63) is 16.0 Å². The standard InChI is InChI=1S/C8H9ClN2O2S2/c1-6-5-7(14-8(6)9)15(12,13)11-4-2-3-10/h5,11H,2,4H2,1H3. The van der Waals surface area contributed by atoms with Crippen LogP contribution in [0.2, 0.25) is 4.34 Å². The van der Waals surface area contributed by atoms with Gasteiger partial charge in [-0.1, -0.05) is 11.6 Å². The summed E-state index contributed by atoms with van der Waals surface area (Å²) in [6.07, 6.45) is 0.150. The molecule has 7 heteroatoms. The summed E-state index contributed by atoms with van der Waals surface area (Å²) in [5.74, 6) is 0. The van der Waals surface area contributed by atoms with Crippen LogP contribution in [0.15, 0.2) is 10.3 Å². The molecule has 0 aromatic carbocycles. The van der Waals surface area contributed by atoms with Gasteiger partial charge in [0.1, 0.15) is 4.21 Å². The first kappa shape index (κ1) is 12.5. The van der Waals surface area contributed by atoms with E-state index in [0.29, 0.717) is 4.34 Å². The van der Waals surface area contributed by atoms with Crippen LogP contribution in [0.4, 0.5) is 0 Å². The molecule has 0 radical (unpaired) electrons. The third kappa shape index (κ3) is 3.18. The topological polar surface area (TPSA) is 70.0 Å². The molecule has 0 fully saturated rings. The average Bonchev–Trinajstić information content (AvgIpc) is 2.48. The second-order valence-electron chi connectivity index (χ2n) is 2.83. The predicted octanol–water partition coefficient (Wildman–Crippen LogP) is 1.90. The van der Waals surface area contributed by atoms with Crippen molar-refractivity contribution in [1.29, 1.82) is 5.26 Å². The minimum absolute atomic E-state index is 0.118. The van der Waals surface area contributed by atoms with E-state index >= 15 is 0 Å². The number of sulfonamides is 1. The molecule has 1 rings (SSSR count). The average molecular weight is 265 g/mol. The quantitative estimate of drug-likeness (QED) is 0.845. The van der Waals surface area contributed by atoms with E-state index in [1.807, 2.05) is 6.07 Å². The van der Waals surface area contributed by atoms with E-state index in [1.165, 1.54) is 6.07 Å². The van der Waals surface area contributed by atoms with Crippen LogP contribution in [0.25, 0.3) is 0 Å². The van der Waals surface area contributed by atoms with Gasteiger partial charge in [0.15, 0.2) is 0 Å². The molecule has 0 bridgehead atoms. The number of hydrogen-bond donors (Lipinski definition) is 1. The van der Waals surface area contributed by atoms with E-state index in [2.05, 4.69) is 4.72 Å². The number of nitriles is 1. The van der Waals surface area contributed by atoms with Gasteiger partial charge in [0.25, 0.3) is 0 Å². The molecule has 4 nitrogen and oxygen atoms in total. The van der Waals surface area contributed by atoms with Crippen LogP contribution in [-0.4, -0.2) is 15.0 Å². The van der Waals surface area contributed by atoms with Crippen LogP contribution in [0.3, 0.4) is 0 Å². The van der Waals surface area contributed by atoms with Crippen LogP contribution in [0, 0.1) is 18.3 Å². The van der Waals surface area contributed by atoms with E-state index < -0.39 is 10.0 Å². The lowest BCUT2D eigenvalue weighted by Crippen LogP contribution is -2.23. The van der Waals surface area contributed by atoms with Crippen LogP contribution in [-0.2, 0) is 10.0 Å². The SMILES string of the molecule is Cc1cc(S(=O)(=O)NCCC#N)sc1Cl. The molecular weight excluding hydrogens is 256 g/mol. The summed E-state index contributed by atoms with van der Waals surface area (Å²) >= 11 is 6.78. The third-order valence-corrected chi connectivity index (χ3v) is 5.12. The number of hydrogen-bond acceptors (Lipinski definition) is 4. The maximum atomic E-state index is 11.6. The lowest BCUT2D eigenvalue weighted by molar-refractivity contribution is 0.584. The Hall–Kier alpha value is -0.610. The molecule has 0 aliphatic rings. The summed E-state index contributed by atoms with van der Waals surface area (Å²) in [6.45, 7) is 1.86. The Balaban J connectivity index is 2.83. The first-order valence-electron chi connectivity index (χ1n) is 4.10. The van der Waals surface area contributed by atoms with Gasteiger partial charge in [0.05, 0.1) is 10.4 Å². The highest BCUT2D eigenvalue weighted by molar-refractivity contribution is 7.91. The van der Waals surface area contributed by atoms with Gasteiger partial charge in [-0.05, 0) is 18.6 Å². The summed E-state index contributed by atoms with van der Waals surface area (Å²) in [4.78, 5) is 0. The normalized spacial score (nSPS) is 11.3. The van der Waals surface area contributed by atoms with Crippen molar-refractivity contribution in [2.75, 3.05) is 6.54 Å². The fraction of sp³-hybridized carbons (Fsp3) is 0.375. The van der Waals surface area contributed by atoms with Crippen molar-refractivity contribution in [2.24, 2.45) is 0 Å². The maximum Gasteiger partial charge on any atom is 0.250 e. The summed E-state index contributed by atoms with van der Waals surface area (Å²) in [6, 6.07) is 3.37. The minimum atomic E-state index is -3.50. The highest BCUT2D eigenvalue weighted by Gasteiger charge is 2.17. The number of thiophene rings is 1. The van der Waals surface area contributed by atoms with Gasteiger partial charge in [-0.2, -0.15) is 5.26 Å². The van der Waals surface area contributed by atoms with Crippen LogP contribution >= 0.6 is 22.9 Å². The summed E-state index contributed by atoms with van der Waals surface area (Å²) in [5, 5.41) is 8.28. The van der Waals surface area contributed by atoms with Gasteiger partial charge in [-0.3, -0.25) is 0 Å². The Morgan fingerprint density at radius 2 is 2.33 bits per heavy atom. The molecule has 0 amide bonds. The molecular formula is C8H9ClN2O2S2. The molecule has 0 saturated heterocycles. The molecule has 0 spiro atoms. The zero-order valence-electron chi connectivity index (χ0n) is 7.95. The number of rotatable bonds is 4. The number of halogens is 1. The van der Waals surface area contributed by atoms with Gasteiger partial charge in [-0.25, -0.2) is 13.1 Å². The van der Waals surface area contributed by atoms with Crippen molar-refractivity contribution in [1.82, 2.24) is 4.72 Å². The lowest BCUT2D eigenvalue weighted by Gasteiger charge is -2.00. The van der Waals surface area contributed by atoms with E-state index in [4.69, 9.17) is 16.9 Å². The molecule has 0 unspecified atom stereocenters. The highest BCUT2D eigenvalue weighted by atomic mass is 35.5. The Labute approximate surface area is 97.5 Å². The Bertz CT molecular complexity index is 468. The lowest BCUT2D eigenvalue weighted by atomic mass is 10.4. The van der Waals surface area contributed by atoms with Gasteiger partial charge < -0.3 is 0 Å². The zero-order valence-corrected chi connectivity index (χ0v) is 10.3. The van der Waals surface area contributed by atoms with Crippen molar-refractivity contribution < 1.29 is 8.42 Å². The number of nitrogens with one attached hydrogen (secondary N) is 1. The van der Waals surface area contributed by atoms with Crippen LogP contribution in [0.1, 0.15) is 12.0 Å². The predicted molar refractivity (Wildman–Crippen MR) is 59.5 cm³/mol. The second-order valence-corrected chi connectivity index (χ2v) is 6.48. The van der Waals surface area contributed by atoms with E-state index in [1.54, 1.807) is 6.92 Å². The molecule has 1 aromatic heterocycles. The molecule has 1 N–H and O–H groups in total. The molecule has 1 heterocycles. The molecule has 0 aliphatic heterocycles. The van der Waals surface area contributed by atoms with Gasteiger partial charge in [-0.15, -0.1) is 11.3 Å². The molecule has 0 atom stereocenters. The minimum Gasteiger partial charge on any atom is -0.209 e. The van der Waals surface area contributed by atoms with Gasteiger partial charge in [0.2, 0.25) is 10.0 Å². The van der Waals surface area contributed by atoms with Crippen LogP contribution in [0.5, 0.6) is 0 Å². The number of aryl methyl sites for hydroxylation is 1. The zero-order chi connectivity index (χ0) is 11.5. The molecule has 15 heavy (non-hydrogen) atoms. The third-order valence-electron chi connectivity index (χ3n) is 1.63. The van der Waals surface area contributed by atoms with E-state index in [-0.39, 0.29) is 17.2 Å². The molecule has 1 aromatic rings. The first-order valence-corrected chi connectivity index (χ1v) is 6.77. The van der Waals surface area contributed by atoms with Crippen molar-refractivity contribution in [3.63, 3.8) is 0 Å². The first-order chi connectivity index (χ1) is 6.97. The van der Waals surface area contributed by atoms with E-state index in [0.717, 1.165) is 16.9 Å². The van der Waals surface area contributed by atoms with Crippen molar-refractivity contribution in [2.45, 2.75) is 17.6 Å². The Morgan fingerprint density at radius 1 is 1.67 bits per heavy atom. The summed E-state index contributed by atoms with van der Waals surface area (Å²) < 4.78 is 26.2. The number of nitrogens with zero attached hydrogens (tertiary/aromatic N) is 1. The van der Waals surface area contributed by atoms with Crippen molar-refractivity contribution in [3.8, 4) is 6.07 Å². The van der Waals surface area contributed by atoms with Gasteiger partial charge in [0, 0.05) is 13.0 Å². The second kappa shape index (κ2) is 4.94. The fourth-order valence-electron chi connectivity index (χ4n) is 0.877. The largest absolute Gasteiger partial charge is 0.250 e. The van der Waals surface area contributed by atoms with Crippen LogP contribution < -0.4 is 4.72 Å². The molecule has 82 valence electrons. The molecule has 0 saturated carbocycles. The Morgan fingerprint density at radius 3 is 2.80 bits per heavy atom. The Kier molecular flexibility index (Phi) is 4.11. The highest BCUT2D eigenvalue weighted by Crippen LogP contribution is 2.29. The van der Waals surface area contributed by atoms with Crippen molar-refractivity contribution >= 4 is 33.0 Å². The monoisotopic (exact) mass is 264 g/mol. The smallest absolute Gasteiger partial charge is 0.209 e. The fourth-order valence-corrected chi connectivity index (χ4v) is 3.66. The van der Waals surface area contributed by atoms with E-state index in [9.17, 15) is 8.42 Å². The maximum absolute atomic E-state index is 11.6. The summed E-state index contributed by atoms with van der Waals surface area (Å²) in [7, 11) is -3.50.